The standard InChI is InChI=1S/C32H31N5O3.ClH/c1-40-28-13-7-6-12-27(28)34-18-20-35(21-19-34)29(38)15-17-36-26-11-5-3-8-22(26)23-14-16-37-31(30(23)36)33-25-10-4-2-9-24(25)32(37)39;/h2-13H,14-21H2,1H3;1H. The van der Waals surface area contributed by atoms with Crippen LogP contribution in [0.4, 0.5) is 5.69 Å². The van der Waals surface area contributed by atoms with Gasteiger partial charge in [0.1, 0.15) is 5.75 Å². The van der Waals surface area contributed by atoms with E-state index in [9.17, 15) is 9.59 Å². The van der Waals surface area contributed by atoms with Crippen LogP contribution in [0, 0.1) is 0 Å². The minimum absolute atomic E-state index is 0. The summed E-state index contributed by atoms with van der Waals surface area (Å²) in [6, 6.07) is 23.9. The molecule has 0 unspecified atom stereocenters. The normalized spacial score (nSPS) is 14.5. The third-order valence-corrected chi connectivity index (χ3v) is 8.34. The first-order chi connectivity index (χ1) is 19.6. The number of carbonyl (C=O) groups is 1. The molecule has 8 nitrogen and oxygen atoms in total. The third-order valence-electron chi connectivity index (χ3n) is 8.34. The van der Waals surface area contributed by atoms with Gasteiger partial charge in [-0.3, -0.25) is 14.2 Å². The number of fused-ring (bicyclic) bond motifs is 6. The number of rotatable bonds is 5. The molecule has 3 aromatic carbocycles. The molecule has 1 amide bonds. The molecule has 1 fully saturated rings. The summed E-state index contributed by atoms with van der Waals surface area (Å²) < 4.78 is 9.55. The summed E-state index contributed by atoms with van der Waals surface area (Å²) in [5, 5.41) is 1.81. The molecule has 0 saturated carbocycles. The van der Waals surface area contributed by atoms with E-state index in [1.807, 2.05) is 53.4 Å². The van der Waals surface area contributed by atoms with Gasteiger partial charge in [0.05, 0.1) is 29.4 Å². The number of anilines is 1. The zero-order chi connectivity index (χ0) is 27.2. The van der Waals surface area contributed by atoms with Crippen LogP contribution >= 0.6 is 12.4 Å². The van der Waals surface area contributed by atoms with Crippen LogP contribution in [0.2, 0.25) is 0 Å². The highest BCUT2D eigenvalue weighted by molar-refractivity contribution is 5.92. The summed E-state index contributed by atoms with van der Waals surface area (Å²) >= 11 is 0. The van der Waals surface area contributed by atoms with Crippen LogP contribution in [-0.4, -0.2) is 58.2 Å². The summed E-state index contributed by atoms with van der Waals surface area (Å²) in [6.45, 7) is 4.01. The van der Waals surface area contributed by atoms with E-state index in [0.717, 1.165) is 42.2 Å². The molecule has 2 aliphatic rings. The molecule has 4 heterocycles. The van der Waals surface area contributed by atoms with Crippen molar-refractivity contribution < 1.29 is 9.53 Å². The summed E-state index contributed by atoms with van der Waals surface area (Å²) in [5.41, 5.74) is 5.01. The van der Waals surface area contributed by atoms with Crippen LogP contribution in [0.5, 0.6) is 5.75 Å². The first kappa shape index (κ1) is 26.9. The maximum atomic E-state index is 13.4. The molecule has 0 spiro atoms. The Hall–Kier alpha value is -4.30. The lowest BCUT2D eigenvalue weighted by molar-refractivity contribution is -0.131. The molecule has 41 heavy (non-hydrogen) atoms. The van der Waals surface area contributed by atoms with Gasteiger partial charge >= 0.3 is 0 Å². The number of hydrogen-bond donors (Lipinski definition) is 0. The molecule has 5 aromatic rings. The van der Waals surface area contributed by atoms with Crippen LogP contribution in [0.1, 0.15) is 12.0 Å². The van der Waals surface area contributed by atoms with Crippen LogP contribution in [0.3, 0.4) is 0 Å². The molecule has 0 bridgehead atoms. The van der Waals surface area contributed by atoms with Crippen molar-refractivity contribution in [2.24, 2.45) is 0 Å². The molecule has 1 saturated heterocycles. The number of amides is 1. The predicted octanol–water partition coefficient (Wildman–Crippen LogP) is 4.74. The van der Waals surface area contributed by atoms with E-state index in [1.165, 1.54) is 10.9 Å². The third kappa shape index (κ3) is 4.52. The Labute approximate surface area is 244 Å². The van der Waals surface area contributed by atoms with Gasteiger partial charge in [0.15, 0.2) is 5.82 Å². The molecule has 0 atom stereocenters. The SMILES string of the molecule is COc1ccccc1N1CCN(C(=O)CCn2c3c(c4ccccc42)CCn2c-3nc3ccccc3c2=O)CC1.Cl. The number of aromatic nitrogens is 3. The van der Waals surface area contributed by atoms with Gasteiger partial charge in [-0.1, -0.05) is 42.5 Å². The Balaban J connectivity index is 0.00000302. The van der Waals surface area contributed by atoms with Crippen molar-refractivity contribution >= 4 is 45.8 Å². The second kappa shape index (κ2) is 10.9. The molecule has 0 radical (unpaired) electrons. The number of hydrogen-bond acceptors (Lipinski definition) is 5. The smallest absolute Gasteiger partial charge is 0.261 e. The van der Waals surface area contributed by atoms with Crippen molar-refractivity contribution in [3.63, 3.8) is 0 Å². The lowest BCUT2D eigenvalue weighted by atomic mass is 10.0. The lowest BCUT2D eigenvalue weighted by Crippen LogP contribution is -2.49. The van der Waals surface area contributed by atoms with E-state index in [2.05, 4.69) is 33.7 Å². The van der Waals surface area contributed by atoms with Crippen molar-refractivity contribution in [1.29, 1.82) is 0 Å². The van der Waals surface area contributed by atoms with Crippen LogP contribution in [0.25, 0.3) is 33.3 Å². The molecule has 0 aliphatic carbocycles. The van der Waals surface area contributed by atoms with Gasteiger partial charge in [0, 0.05) is 56.6 Å². The van der Waals surface area contributed by atoms with Gasteiger partial charge in [-0.2, -0.15) is 0 Å². The summed E-state index contributed by atoms with van der Waals surface area (Å²) in [7, 11) is 1.69. The van der Waals surface area contributed by atoms with E-state index in [0.29, 0.717) is 49.3 Å². The van der Waals surface area contributed by atoms with Gasteiger partial charge in [-0.05, 0) is 42.3 Å². The fraction of sp³-hybridized carbons (Fsp3) is 0.281. The van der Waals surface area contributed by atoms with Crippen molar-refractivity contribution in [2.45, 2.75) is 25.9 Å². The minimum atomic E-state index is -0.00736. The number of para-hydroxylation sites is 4. The number of carbonyl (C=O) groups excluding carboxylic acids is 1. The molecular weight excluding hydrogens is 538 g/mol. The number of piperazine rings is 1. The second-order valence-electron chi connectivity index (χ2n) is 10.4. The van der Waals surface area contributed by atoms with Gasteiger partial charge in [0.2, 0.25) is 5.91 Å². The average molecular weight is 570 g/mol. The highest BCUT2D eigenvalue weighted by Gasteiger charge is 2.28. The molecule has 2 aliphatic heterocycles. The topological polar surface area (TPSA) is 72.6 Å². The van der Waals surface area contributed by atoms with Crippen molar-refractivity contribution in [3.8, 4) is 17.3 Å². The van der Waals surface area contributed by atoms with Gasteiger partial charge in [0.25, 0.3) is 5.56 Å². The van der Waals surface area contributed by atoms with Crippen molar-refractivity contribution in [3.05, 3.63) is 88.7 Å². The van der Waals surface area contributed by atoms with Crippen molar-refractivity contribution in [2.75, 3.05) is 38.2 Å². The summed E-state index contributed by atoms with van der Waals surface area (Å²) in [4.78, 5) is 36.0. The van der Waals surface area contributed by atoms with Gasteiger partial charge < -0.3 is 19.1 Å². The molecule has 2 aromatic heterocycles. The van der Waals surface area contributed by atoms with E-state index < -0.39 is 0 Å². The highest BCUT2D eigenvalue weighted by atomic mass is 35.5. The number of nitrogens with zero attached hydrogens (tertiary/aromatic N) is 5. The monoisotopic (exact) mass is 569 g/mol. The minimum Gasteiger partial charge on any atom is -0.495 e. The zero-order valence-corrected chi connectivity index (χ0v) is 23.8. The maximum Gasteiger partial charge on any atom is 0.261 e. The fourth-order valence-electron chi connectivity index (χ4n) is 6.35. The molecule has 7 rings (SSSR count). The number of methoxy groups -OCH3 is 1. The Morgan fingerprint density at radius 2 is 1.59 bits per heavy atom. The molecular formula is C32H32ClN5O3. The highest BCUT2D eigenvalue weighted by Crippen LogP contribution is 2.37. The Bertz CT molecular complexity index is 1820. The Morgan fingerprint density at radius 3 is 2.39 bits per heavy atom. The summed E-state index contributed by atoms with van der Waals surface area (Å²) in [5.74, 6) is 1.69. The van der Waals surface area contributed by atoms with Gasteiger partial charge in [-0.15, -0.1) is 12.4 Å². The van der Waals surface area contributed by atoms with E-state index >= 15 is 0 Å². The van der Waals surface area contributed by atoms with Gasteiger partial charge in [-0.25, -0.2) is 4.98 Å². The van der Waals surface area contributed by atoms with E-state index in [-0.39, 0.29) is 23.9 Å². The first-order valence-corrected chi connectivity index (χ1v) is 13.9. The fourth-order valence-corrected chi connectivity index (χ4v) is 6.35. The predicted molar refractivity (Wildman–Crippen MR) is 164 cm³/mol. The number of halogens is 1. The summed E-state index contributed by atoms with van der Waals surface area (Å²) in [6.07, 6.45) is 1.15. The average Bonchev–Trinajstić information content (AvgIpc) is 3.34. The van der Waals surface area contributed by atoms with Crippen LogP contribution < -0.4 is 15.2 Å². The Morgan fingerprint density at radius 1 is 0.878 bits per heavy atom. The molecule has 9 heteroatoms. The van der Waals surface area contributed by atoms with E-state index in [1.54, 1.807) is 11.7 Å². The zero-order valence-electron chi connectivity index (χ0n) is 23.0. The van der Waals surface area contributed by atoms with Crippen LogP contribution in [-0.2, 0) is 24.3 Å². The number of benzene rings is 3. The quantitative estimate of drug-likeness (QED) is 0.306. The molecule has 0 N–H and O–H groups in total. The Kier molecular flexibility index (Phi) is 7.17. The maximum absolute atomic E-state index is 13.4. The lowest BCUT2D eigenvalue weighted by Gasteiger charge is -2.36. The number of aryl methyl sites for hydroxylation is 2. The van der Waals surface area contributed by atoms with Crippen molar-refractivity contribution in [1.82, 2.24) is 19.0 Å². The molecule has 210 valence electrons. The van der Waals surface area contributed by atoms with Crippen LogP contribution in [0.15, 0.2) is 77.6 Å². The number of ether oxygens (including phenoxy) is 1. The second-order valence-corrected chi connectivity index (χ2v) is 10.4. The van der Waals surface area contributed by atoms with E-state index in [4.69, 9.17) is 9.72 Å². The first-order valence-electron chi connectivity index (χ1n) is 13.9. The largest absolute Gasteiger partial charge is 0.495 e.